The van der Waals surface area contributed by atoms with E-state index in [0.29, 0.717) is 45.1 Å². The van der Waals surface area contributed by atoms with Crippen molar-refractivity contribution in [2.24, 2.45) is 5.73 Å². The van der Waals surface area contributed by atoms with Crippen LogP contribution in [0.3, 0.4) is 0 Å². The van der Waals surface area contributed by atoms with Gasteiger partial charge in [-0.15, -0.1) is 0 Å². The lowest BCUT2D eigenvalue weighted by atomic mass is 10.2. The number of ether oxygens (including phenoxy) is 3. The zero-order chi connectivity index (χ0) is 14.6. The molecule has 0 heterocycles. The SMILES string of the molecule is COCCOCCCOC(=O)Nc1ccc(CN)cc1. The Kier molecular flexibility index (Phi) is 8.37. The van der Waals surface area contributed by atoms with Crippen molar-refractivity contribution in [3.05, 3.63) is 29.8 Å². The van der Waals surface area contributed by atoms with Crippen molar-refractivity contribution in [3.8, 4) is 0 Å². The average Bonchev–Trinajstić information content (AvgIpc) is 2.47. The highest BCUT2D eigenvalue weighted by atomic mass is 16.6. The maximum Gasteiger partial charge on any atom is 0.411 e. The molecule has 0 spiro atoms. The number of carbonyl (C=O) groups excluding carboxylic acids is 1. The van der Waals surface area contributed by atoms with Crippen LogP contribution in [0, 0.1) is 0 Å². The van der Waals surface area contributed by atoms with Crippen LogP contribution in [0.2, 0.25) is 0 Å². The largest absolute Gasteiger partial charge is 0.449 e. The molecule has 1 amide bonds. The molecule has 0 saturated heterocycles. The van der Waals surface area contributed by atoms with Gasteiger partial charge in [0.2, 0.25) is 0 Å². The van der Waals surface area contributed by atoms with Crippen molar-refractivity contribution < 1.29 is 19.0 Å². The highest BCUT2D eigenvalue weighted by Gasteiger charge is 2.02. The molecule has 0 saturated carbocycles. The summed E-state index contributed by atoms with van der Waals surface area (Å²) in [5, 5.41) is 2.64. The fourth-order valence-corrected chi connectivity index (χ4v) is 1.45. The van der Waals surface area contributed by atoms with Gasteiger partial charge in [0, 0.05) is 32.4 Å². The predicted octanol–water partition coefficient (Wildman–Crippen LogP) is 1.75. The highest BCUT2D eigenvalue weighted by molar-refractivity contribution is 5.84. The maximum absolute atomic E-state index is 11.5. The number of anilines is 1. The molecular weight excluding hydrogens is 260 g/mol. The quantitative estimate of drug-likeness (QED) is 0.674. The van der Waals surface area contributed by atoms with E-state index in [4.69, 9.17) is 19.9 Å². The van der Waals surface area contributed by atoms with Crippen LogP contribution in [0.4, 0.5) is 10.5 Å². The van der Waals surface area contributed by atoms with Crippen LogP contribution >= 0.6 is 0 Å². The summed E-state index contributed by atoms with van der Waals surface area (Å²) >= 11 is 0. The fourth-order valence-electron chi connectivity index (χ4n) is 1.45. The molecule has 6 nitrogen and oxygen atoms in total. The number of carbonyl (C=O) groups is 1. The van der Waals surface area contributed by atoms with Crippen molar-refractivity contribution in [2.45, 2.75) is 13.0 Å². The molecule has 0 bridgehead atoms. The van der Waals surface area contributed by atoms with E-state index in [9.17, 15) is 4.79 Å². The summed E-state index contributed by atoms with van der Waals surface area (Å²) in [6.45, 7) is 2.46. The first-order chi connectivity index (χ1) is 9.76. The van der Waals surface area contributed by atoms with Crippen molar-refractivity contribution in [2.75, 3.05) is 38.9 Å². The lowest BCUT2D eigenvalue weighted by Crippen LogP contribution is -2.15. The van der Waals surface area contributed by atoms with Gasteiger partial charge in [-0.1, -0.05) is 12.1 Å². The van der Waals surface area contributed by atoms with Gasteiger partial charge in [-0.2, -0.15) is 0 Å². The number of hydrogen-bond acceptors (Lipinski definition) is 5. The molecule has 1 aromatic rings. The van der Waals surface area contributed by atoms with E-state index in [-0.39, 0.29) is 0 Å². The summed E-state index contributed by atoms with van der Waals surface area (Å²) < 4.78 is 15.1. The Balaban J connectivity index is 2.10. The summed E-state index contributed by atoms with van der Waals surface area (Å²) in [7, 11) is 1.62. The minimum atomic E-state index is -0.470. The van der Waals surface area contributed by atoms with Gasteiger partial charge >= 0.3 is 6.09 Å². The first-order valence-electron chi connectivity index (χ1n) is 6.55. The van der Waals surface area contributed by atoms with Crippen LogP contribution in [-0.4, -0.2) is 39.6 Å². The van der Waals surface area contributed by atoms with E-state index in [1.165, 1.54) is 0 Å². The number of nitrogens with one attached hydrogen (secondary N) is 1. The van der Waals surface area contributed by atoms with Gasteiger partial charge in [0.1, 0.15) is 0 Å². The number of benzene rings is 1. The first-order valence-corrected chi connectivity index (χ1v) is 6.55. The van der Waals surface area contributed by atoms with Crippen molar-refractivity contribution >= 4 is 11.8 Å². The smallest absolute Gasteiger partial charge is 0.411 e. The van der Waals surface area contributed by atoms with E-state index in [0.717, 1.165) is 5.56 Å². The second-order valence-corrected chi connectivity index (χ2v) is 4.12. The first kappa shape index (κ1) is 16.4. The Morgan fingerprint density at radius 2 is 1.90 bits per heavy atom. The molecule has 1 rings (SSSR count). The molecule has 0 fully saturated rings. The van der Waals surface area contributed by atoms with Crippen LogP contribution in [0.15, 0.2) is 24.3 Å². The monoisotopic (exact) mass is 282 g/mol. The third-order valence-electron chi connectivity index (χ3n) is 2.53. The fraction of sp³-hybridized carbons (Fsp3) is 0.500. The molecule has 0 atom stereocenters. The van der Waals surface area contributed by atoms with E-state index >= 15 is 0 Å². The van der Waals surface area contributed by atoms with E-state index < -0.39 is 6.09 Å². The van der Waals surface area contributed by atoms with Gasteiger partial charge in [0.15, 0.2) is 0 Å². The van der Waals surface area contributed by atoms with Gasteiger partial charge in [0.05, 0.1) is 19.8 Å². The Bertz CT molecular complexity index is 381. The Morgan fingerprint density at radius 3 is 2.55 bits per heavy atom. The van der Waals surface area contributed by atoms with Crippen molar-refractivity contribution in [3.63, 3.8) is 0 Å². The summed E-state index contributed by atoms with van der Waals surface area (Å²) in [5.74, 6) is 0. The van der Waals surface area contributed by atoms with E-state index in [2.05, 4.69) is 5.32 Å². The number of nitrogens with two attached hydrogens (primary N) is 1. The molecule has 6 heteroatoms. The molecule has 20 heavy (non-hydrogen) atoms. The maximum atomic E-state index is 11.5. The molecule has 0 radical (unpaired) electrons. The van der Waals surface area contributed by atoms with Gasteiger partial charge in [0.25, 0.3) is 0 Å². The Labute approximate surface area is 119 Å². The van der Waals surface area contributed by atoms with Crippen molar-refractivity contribution in [1.82, 2.24) is 0 Å². The number of hydrogen-bond donors (Lipinski definition) is 2. The van der Waals surface area contributed by atoms with E-state index in [1.807, 2.05) is 12.1 Å². The Morgan fingerprint density at radius 1 is 1.15 bits per heavy atom. The molecule has 3 N–H and O–H groups in total. The molecule has 0 unspecified atom stereocenters. The van der Waals surface area contributed by atoms with E-state index in [1.54, 1.807) is 19.2 Å². The lowest BCUT2D eigenvalue weighted by Gasteiger charge is -2.08. The minimum absolute atomic E-state index is 0.319. The third kappa shape index (κ3) is 7.08. The van der Waals surface area contributed by atoms with Crippen LogP contribution in [-0.2, 0) is 20.8 Å². The Hall–Kier alpha value is -1.63. The van der Waals surface area contributed by atoms with Crippen LogP contribution in [0.25, 0.3) is 0 Å². The molecule has 112 valence electrons. The summed E-state index contributed by atoms with van der Waals surface area (Å²) in [5.41, 5.74) is 7.19. The summed E-state index contributed by atoms with van der Waals surface area (Å²) in [4.78, 5) is 11.5. The molecular formula is C14H22N2O4. The topological polar surface area (TPSA) is 82.8 Å². The molecule has 1 aromatic carbocycles. The highest BCUT2D eigenvalue weighted by Crippen LogP contribution is 2.09. The summed E-state index contributed by atoms with van der Waals surface area (Å²) in [6.07, 6.45) is 0.186. The van der Waals surface area contributed by atoms with Gasteiger partial charge < -0.3 is 19.9 Å². The zero-order valence-corrected chi connectivity index (χ0v) is 11.8. The van der Waals surface area contributed by atoms with Crippen molar-refractivity contribution in [1.29, 1.82) is 0 Å². The number of methoxy groups -OCH3 is 1. The lowest BCUT2D eigenvalue weighted by molar-refractivity contribution is 0.0608. The van der Waals surface area contributed by atoms with Gasteiger partial charge in [-0.25, -0.2) is 4.79 Å². The minimum Gasteiger partial charge on any atom is -0.449 e. The number of amides is 1. The molecule has 0 aliphatic heterocycles. The molecule has 0 aromatic heterocycles. The van der Waals surface area contributed by atoms with Crippen LogP contribution < -0.4 is 11.1 Å². The van der Waals surface area contributed by atoms with Gasteiger partial charge in [-0.3, -0.25) is 5.32 Å². The second-order valence-electron chi connectivity index (χ2n) is 4.12. The molecule has 0 aliphatic carbocycles. The predicted molar refractivity (Wildman–Crippen MR) is 76.6 cm³/mol. The zero-order valence-electron chi connectivity index (χ0n) is 11.8. The van der Waals surface area contributed by atoms with Crippen LogP contribution in [0.1, 0.15) is 12.0 Å². The van der Waals surface area contributed by atoms with Gasteiger partial charge in [-0.05, 0) is 17.7 Å². The number of rotatable bonds is 9. The summed E-state index contributed by atoms with van der Waals surface area (Å²) in [6, 6.07) is 7.30. The third-order valence-corrected chi connectivity index (χ3v) is 2.53. The normalized spacial score (nSPS) is 10.3. The standard InChI is InChI=1S/C14H22N2O4/c1-18-9-10-19-7-2-8-20-14(17)16-13-5-3-12(11-15)4-6-13/h3-6H,2,7-11,15H2,1H3,(H,16,17). The average molecular weight is 282 g/mol. The molecule has 0 aliphatic rings. The second kappa shape index (κ2) is 10.2. The van der Waals surface area contributed by atoms with Crippen LogP contribution in [0.5, 0.6) is 0 Å².